The van der Waals surface area contributed by atoms with Gasteiger partial charge in [-0.25, -0.2) is 0 Å². The van der Waals surface area contributed by atoms with E-state index < -0.39 is 0 Å². The maximum absolute atomic E-state index is 3.78. The van der Waals surface area contributed by atoms with Crippen molar-refractivity contribution in [3.63, 3.8) is 0 Å². The van der Waals surface area contributed by atoms with Crippen molar-refractivity contribution >= 4 is 0 Å². The Kier molecular flexibility index (Phi) is 5.07. The number of likely N-dealkylation sites (N-methyl/N-ethyl adjacent to an activating group) is 1. The monoisotopic (exact) mass is 212 g/mol. The number of nitrogens with one attached hydrogen (secondary N) is 1. The molecule has 0 bridgehead atoms. The molecular formula is C13H28N2. The van der Waals surface area contributed by atoms with Crippen molar-refractivity contribution < 1.29 is 0 Å². The Morgan fingerprint density at radius 1 is 1.20 bits per heavy atom. The molecule has 1 aliphatic rings. The molecule has 1 N–H and O–H groups in total. The van der Waals surface area contributed by atoms with Crippen LogP contribution in [0.4, 0.5) is 0 Å². The maximum Gasteiger partial charge on any atom is 0.0220 e. The van der Waals surface area contributed by atoms with Gasteiger partial charge in [-0.3, -0.25) is 0 Å². The third-order valence-corrected chi connectivity index (χ3v) is 3.25. The molecule has 2 nitrogen and oxygen atoms in total. The van der Waals surface area contributed by atoms with Gasteiger partial charge in [0, 0.05) is 18.6 Å². The summed E-state index contributed by atoms with van der Waals surface area (Å²) in [5.41, 5.74) is 0. The van der Waals surface area contributed by atoms with Crippen LogP contribution < -0.4 is 5.32 Å². The Labute approximate surface area is 95.4 Å². The summed E-state index contributed by atoms with van der Waals surface area (Å²) in [4.78, 5) is 2.28. The van der Waals surface area contributed by atoms with E-state index in [2.05, 4.69) is 45.1 Å². The van der Waals surface area contributed by atoms with Gasteiger partial charge >= 0.3 is 0 Å². The van der Waals surface area contributed by atoms with E-state index >= 15 is 0 Å². The van der Waals surface area contributed by atoms with Gasteiger partial charge in [0.15, 0.2) is 0 Å². The van der Waals surface area contributed by atoms with Gasteiger partial charge in [-0.15, -0.1) is 0 Å². The summed E-state index contributed by atoms with van der Waals surface area (Å²) in [6, 6.07) is 1.32. The van der Waals surface area contributed by atoms with Crippen LogP contribution in [0, 0.1) is 11.8 Å². The lowest BCUT2D eigenvalue weighted by Crippen LogP contribution is -2.46. The molecule has 2 heteroatoms. The smallest absolute Gasteiger partial charge is 0.0220 e. The Balaban J connectivity index is 2.27. The molecule has 0 saturated heterocycles. The second-order valence-electron chi connectivity index (χ2n) is 5.86. The van der Waals surface area contributed by atoms with Gasteiger partial charge in [-0.1, -0.05) is 26.7 Å². The van der Waals surface area contributed by atoms with Crippen LogP contribution in [0.3, 0.4) is 0 Å². The molecule has 0 aromatic heterocycles. The molecule has 2 atom stereocenters. The fraction of sp³-hybridized carbons (Fsp3) is 1.00. The molecule has 0 radical (unpaired) electrons. The molecule has 2 unspecified atom stereocenters. The number of nitrogens with zero attached hydrogens (tertiary/aromatic N) is 1. The van der Waals surface area contributed by atoms with E-state index in [9.17, 15) is 0 Å². The highest BCUT2D eigenvalue weighted by Gasteiger charge is 2.25. The maximum atomic E-state index is 3.78. The van der Waals surface area contributed by atoms with Crippen LogP contribution in [0.2, 0.25) is 0 Å². The van der Waals surface area contributed by atoms with Crippen molar-refractivity contribution in [3.8, 4) is 0 Å². The minimum absolute atomic E-state index is 0.633. The van der Waals surface area contributed by atoms with Gasteiger partial charge in [-0.2, -0.15) is 0 Å². The lowest BCUT2D eigenvalue weighted by atomic mass is 10.0. The van der Waals surface area contributed by atoms with Gasteiger partial charge in [0.05, 0.1) is 0 Å². The van der Waals surface area contributed by atoms with E-state index in [1.165, 1.54) is 19.3 Å². The zero-order valence-corrected chi connectivity index (χ0v) is 11.1. The number of rotatable bonds is 7. The normalized spacial score (nSPS) is 21.0. The van der Waals surface area contributed by atoms with Crippen molar-refractivity contribution in [1.82, 2.24) is 10.2 Å². The van der Waals surface area contributed by atoms with Crippen molar-refractivity contribution in [1.29, 1.82) is 0 Å². The lowest BCUT2D eigenvalue weighted by Gasteiger charge is -2.29. The minimum Gasteiger partial charge on any atom is -0.310 e. The van der Waals surface area contributed by atoms with Gasteiger partial charge in [0.25, 0.3) is 0 Å². The van der Waals surface area contributed by atoms with Crippen molar-refractivity contribution in [3.05, 3.63) is 0 Å². The second-order valence-corrected chi connectivity index (χ2v) is 5.86. The number of hydrogen-bond donors (Lipinski definition) is 1. The summed E-state index contributed by atoms with van der Waals surface area (Å²) in [7, 11) is 4.31. The zero-order valence-electron chi connectivity index (χ0n) is 11.1. The highest BCUT2D eigenvalue weighted by molar-refractivity contribution is 4.82. The Morgan fingerprint density at radius 3 is 2.20 bits per heavy atom. The summed E-state index contributed by atoms with van der Waals surface area (Å²) < 4.78 is 0. The highest BCUT2D eigenvalue weighted by atomic mass is 15.1. The van der Waals surface area contributed by atoms with E-state index in [0.717, 1.165) is 12.5 Å². The van der Waals surface area contributed by atoms with Crippen LogP contribution in [0.25, 0.3) is 0 Å². The molecule has 15 heavy (non-hydrogen) atoms. The summed E-state index contributed by atoms with van der Waals surface area (Å²) in [5, 5.41) is 3.78. The van der Waals surface area contributed by atoms with Gasteiger partial charge in [-0.05, 0) is 39.3 Å². The van der Waals surface area contributed by atoms with Crippen LogP contribution in [0.5, 0.6) is 0 Å². The van der Waals surface area contributed by atoms with Crippen molar-refractivity contribution in [2.24, 2.45) is 11.8 Å². The van der Waals surface area contributed by atoms with Crippen molar-refractivity contribution in [2.75, 3.05) is 20.6 Å². The fourth-order valence-electron chi connectivity index (χ4n) is 2.14. The quantitative estimate of drug-likeness (QED) is 0.697. The molecule has 0 amide bonds. The minimum atomic E-state index is 0.633. The van der Waals surface area contributed by atoms with E-state index in [-0.39, 0.29) is 0 Å². The van der Waals surface area contributed by atoms with E-state index in [1.54, 1.807) is 0 Å². The summed E-state index contributed by atoms with van der Waals surface area (Å²) in [6.45, 7) is 8.10. The first-order valence-corrected chi connectivity index (χ1v) is 6.39. The largest absolute Gasteiger partial charge is 0.310 e. The number of hydrogen-bond acceptors (Lipinski definition) is 2. The van der Waals surface area contributed by atoms with Crippen molar-refractivity contribution in [2.45, 2.75) is 52.1 Å². The third kappa shape index (κ3) is 5.53. The lowest BCUT2D eigenvalue weighted by molar-refractivity contribution is 0.266. The van der Waals surface area contributed by atoms with Crippen LogP contribution in [-0.4, -0.2) is 37.6 Å². The van der Waals surface area contributed by atoms with Crippen LogP contribution in [0.15, 0.2) is 0 Å². The third-order valence-electron chi connectivity index (χ3n) is 3.25. The Morgan fingerprint density at radius 2 is 1.80 bits per heavy atom. The molecule has 1 fully saturated rings. The van der Waals surface area contributed by atoms with E-state index in [4.69, 9.17) is 0 Å². The fourth-order valence-corrected chi connectivity index (χ4v) is 2.14. The average Bonchev–Trinajstić information content (AvgIpc) is 2.85. The summed E-state index contributed by atoms with van der Waals surface area (Å²) >= 11 is 0. The first-order valence-electron chi connectivity index (χ1n) is 6.39. The summed E-state index contributed by atoms with van der Waals surface area (Å²) in [6.07, 6.45) is 4.30. The average molecular weight is 212 g/mol. The summed E-state index contributed by atoms with van der Waals surface area (Å²) in [5.74, 6) is 1.74. The molecule has 1 rings (SSSR count). The highest BCUT2D eigenvalue weighted by Crippen LogP contribution is 2.33. The van der Waals surface area contributed by atoms with Crippen LogP contribution >= 0.6 is 0 Å². The molecule has 0 aliphatic heterocycles. The predicted molar refractivity (Wildman–Crippen MR) is 67.1 cm³/mol. The molecule has 0 aromatic rings. The SMILES string of the molecule is CC(CC1CC1)NC(CN(C)C)C(C)C. The first kappa shape index (κ1) is 13.0. The predicted octanol–water partition coefficient (Wildman–Crippen LogP) is 2.35. The Bertz CT molecular complexity index is 173. The topological polar surface area (TPSA) is 15.3 Å². The molecule has 0 heterocycles. The van der Waals surface area contributed by atoms with Crippen LogP contribution in [0.1, 0.15) is 40.0 Å². The van der Waals surface area contributed by atoms with Gasteiger partial charge in [0.1, 0.15) is 0 Å². The molecule has 0 spiro atoms. The molecule has 1 aliphatic carbocycles. The standard InChI is InChI=1S/C13H28N2/c1-10(2)13(9-15(4)5)14-11(3)8-12-6-7-12/h10-14H,6-9H2,1-5H3. The molecule has 0 aromatic carbocycles. The second kappa shape index (κ2) is 5.86. The van der Waals surface area contributed by atoms with E-state index in [1.807, 2.05) is 0 Å². The Hall–Kier alpha value is -0.0800. The molecule has 1 saturated carbocycles. The van der Waals surface area contributed by atoms with Crippen LogP contribution in [-0.2, 0) is 0 Å². The van der Waals surface area contributed by atoms with E-state index in [0.29, 0.717) is 18.0 Å². The van der Waals surface area contributed by atoms with Gasteiger partial charge in [0.2, 0.25) is 0 Å². The molecular weight excluding hydrogens is 184 g/mol. The van der Waals surface area contributed by atoms with Gasteiger partial charge < -0.3 is 10.2 Å². The zero-order chi connectivity index (χ0) is 11.4. The molecule has 90 valence electrons. The first-order chi connectivity index (χ1) is 6.99.